The summed E-state index contributed by atoms with van der Waals surface area (Å²) in [6.07, 6.45) is 2.48. The maximum atomic E-state index is 6.02. The summed E-state index contributed by atoms with van der Waals surface area (Å²) in [5.74, 6) is 0.897. The Balaban J connectivity index is 2.37. The second-order valence-electron chi connectivity index (χ2n) is 5.34. The zero-order chi connectivity index (χ0) is 11.5. The van der Waals surface area contributed by atoms with Crippen molar-refractivity contribution < 1.29 is 8.95 Å². The molecule has 0 aliphatic heterocycles. The van der Waals surface area contributed by atoms with Crippen LogP contribution in [0.5, 0.6) is 0 Å². The second kappa shape index (κ2) is 4.49. The molecule has 0 N–H and O–H groups in total. The molecule has 0 spiro atoms. The number of rotatable bonds is 4. The van der Waals surface area contributed by atoms with Gasteiger partial charge in [-0.05, 0) is 18.1 Å². The Morgan fingerprint density at radius 3 is 2.53 bits per heavy atom. The van der Waals surface area contributed by atoms with Gasteiger partial charge >= 0.3 is 0 Å². The summed E-state index contributed by atoms with van der Waals surface area (Å²) < 4.78 is 11.0. The van der Waals surface area contributed by atoms with Crippen molar-refractivity contribution in [3.63, 3.8) is 0 Å². The van der Waals surface area contributed by atoms with Crippen molar-refractivity contribution in [1.82, 2.24) is 5.16 Å². The molecule has 0 saturated heterocycles. The quantitative estimate of drug-likeness (QED) is 0.741. The molecule has 0 aliphatic rings. The van der Waals surface area contributed by atoms with Gasteiger partial charge in [-0.3, -0.25) is 0 Å². The van der Waals surface area contributed by atoms with Crippen LogP contribution >= 0.6 is 0 Å². The molecule has 0 atom stereocenters. The number of hydrogen-bond donors (Lipinski definition) is 0. The summed E-state index contributed by atoms with van der Waals surface area (Å²) >= 11 is 0. The summed E-state index contributed by atoms with van der Waals surface area (Å²) in [6, 6.07) is 1.88. The van der Waals surface area contributed by atoms with Crippen molar-refractivity contribution in [2.75, 3.05) is 6.61 Å². The summed E-state index contributed by atoms with van der Waals surface area (Å²) in [7, 11) is -1.60. The lowest BCUT2D eigenvalue weighted by atomic mass is 10.2. The van der Waals surface area contributed by atoms with E-state index < -0.39 is 8.32 Å². The molecule has 0 aromatic carbocycles. The van der Waals surface area contributed by atoms with E-state index in [9.17, 15) is 0 Å². The van der Waals surface area contributed by atoms with Gasteiger partial charge in [-0.2, -0.15) is 0 Å². The summed E-state index contributed by atoms with van der Waals surface area (Å²) in [4.78, 5) is 0. The smallest absolute Gasteiger partial charge is 0.191 e. The van der Waals surface area contributed by atoms with E-state index in [1.54, 1.807) is 6.20 Å². The molecule has 0 unspecified atom stereocenters. The third kappa shape index (κ3) is 3.46. The lowest BCUT2D eigenvalue weighted by Crippen LogP contribution is -2.41. The summed E-state index contributed by atoms with van der Waals surface area (Å²) in [5, 5.41) is 3.94. The van der Waals surface area contributed by atoms with Gasteiger partial charge in [0.1, 0.15) is 5.76 Å². The van der Waals surface area contributed by atoms with Gasteiger partial charge in [-0.1, -0.05) is 25.9 Å². The van der Waals surface area contributed by atoms with E-state index in [4.69, 9.17) is 8.95 Å². The van der Waals surface area contributed by atoms with Gasteiger partial charge in [-0.25, -0.2) is 0 Å². The zero-order valence-electron chi connectivity index (χ0n) is 10.3. The van der Waals surface area contributed by atoms with Crippen molar-refractivity contribution in [1.29, 1.82) is 0 Å². The first-order valence-corrected chi connectivity index (χ1v) is 8.27. The van der Waals surface area contributed by atoms with Gasteiger partial charge in [0.05, 0.1) is 6.20 Å². The highest BCUT2D eigenvalue weighted by atomic mass is 28.4. The molecule has 0 saturated carbocycles. The van der Waals surface area contributed by atoms with E-state index in [2.05, 4.69) is 39.0 Å². The van der Waals surface area contributed by atoms with E-state index >= 15 is 0 Å². The lowest BCUT2D eigenvalue weighted by Gasteiger charge is -2.36. The third-order valence-corrected chi connectivity index (χ3v) is 7.65. The van der Waals surface area contributed by atoms with Crippen LogP contribution in [-0.4, -0.2) is 20.1 Å². The molecule has 1 rings (SSSR count). The molecule has 4 heteroatoms. The van der Waals surface area contributed by atoms with Gasteiger partial charge in [0.15, 0.2) is 8.32 Å². The average molecular weight is 227 g/mol. The highest BCUT2D eigenvalue weighted by Gasteiger charge is 2.36. The maximum Gasteiger partial charge on any atom is 0.191 e. The van der Waals surface area contributed by atoms with Crippen molar-refractivity contribution in [3.8, 4) is 0 Å². The fraction of sp³-hybridized carbons (Fsp3) is 0.727. The van der Waals surface area contributed by atoms with Crippen LogP contribution in [0.1, 0.15) is 26.5 Å². The molecule has 1 aromatic heterocycles. The molecule has 0 radical (unpaired) electrons. The molecule has 0 bridgehead atoms. The highest BCUT2D eigenvalue weighted by molar-refractivity contribution is 6.74. The Morgan fingerprint density at radius 2 is 2.07 bits per heavy atom. The van der Waals surface area contributed by atoms with Crippen LogP contribution in [0.25, 0.3) is 0 Å². The minimum Gasteiger partial charge on any atom is -0.416 e. The normalized spacial score (nSPS) is 13.1. The van der Waals surface area contributed by atoms with E-state index in [1.807, 2.05) is 6.07 Å². The Morgan fingerprint density at radius 1 is 1.40 bits per heavy atom. The van der Waals surface area contributed by atoms with Crippen LogP contribution in [-0.2, 0) is 10.8 Å². The van der Waals surface area contributed by atoms with Crippen LogP contribution in [0.3, 0.4) is 0 Å². The van der Waals surface area contributed by atoms with Crippen molar-refractivity contribution in [2.45, 2.75) is 45.3 Å². The molecule has 3 nitrogen and oxygen atoms in total. The first kappa shape index (κ1) is 12.5. The summed E-state index contributed by atoms with van der Waals surface area (Å²) in [5.41, 5.74) is 0. The monoisotopic (exact) mass is 227 g/mol. The van der Waals surface area contributed by atoms with Gasteiger partial charge < -0.3 is 8.95 Å². The highest BCUT2D eigenvalue weighted by Crippen LogP contribution is 2.36. The van der Waals surface area contributed by atoms with Crippen LogP contribution in [0, 0.1) is 0 Å². The van der Waals surface area contributed by atoms with Crippen LogP contribution in [0.2, 0.25) is 18.1 Å². The van der Waals surface area contributed by atoms with Gasteiger partial charge in [0.25, 0.3) is 0 Å². The number of hydrogen-bond acceptors (Lipinski definition) is 3. The molecular formula is C11H21NO2Si. The fourth-order valence-corrected chi connectivity index (χ4v) is 2.04. The van der Waals surface area contributed by atoms with Gasteiger partial charge in [0.2, 0.25) is 0 Å². The van der Waals surface area contributed by atoms with E-state index in [-0.39, 0.29) is 5.04 Å². The minimum absolute atomic E-state index is 0.272. The van der Waals surface area contributed by atoms with E-state index in [0.717, 1.165) is 18.8 Å². The Labute approximate surface area is 92.9 Å². The molecule has 15 heavy (non-hydrogen) atoms. The Kier molecular flexibility index (Phi) is 3.73. The first-order valence-electron chi connectivity index (χ1n) is 5.36. The Bertz CT molecular complexity index is 288. The Hall–Kier alpha value is -0.613. The number of nitrogens with zero attached hydrogens (tertiary/aromatic N) is 1. The predicted molar refractivity (Wildman–Crippen MR) is 63.4 cm³/mol. The fourth-order valence-electron chi connectivity index (χ4n) is 0.994. The second-order valence-corrected chi connectivity index (χ2v) is 10.1. The first-order chi connectivity index (χ1) is 6.83. The van der Waals surface area contributed by atoms with Gasteiger partial charge in [0, 0.05) is 19.1 Å². The maximum absolute atomic E-state index is 6.02. The van der Waals surface area contributed by atoms with Crippen molar-refractivity contribution in [3.05, 3.63) is 18.0 Å². The topological polar surface area (TPSA) is 35.3 Å². The molecule has 1 heterocycles. The SMILES string of the molecule is CC(C)(C)[Si](C)(C)OCCc1ccno1. The van der Waals surface area contributed by atoms with Crippen LogP contribution < -0.4 is 0 Å². The summed E-state index contributed by atoms with van der Waals surface area (Å²) in [6.45, 7) is 12.0. The molecule has 0 aliphatic carbocycles. The molecule has 0 fully saturated rings. The largest absolute Gasteiger partial charge is 0.416 e. The van der Waals surface area contributed by atoms with E-state index in [1.165, 1.54) is 0 Å². The van der Waals surface area contributed by atoms with Crippen LogP contribution in [0.4, 0.5) is 0 Å². The van der Waals surface area contributed by atoms with E-state index in [0.29, 0.717) is 0 Å². The molecule has 86 valence electrons. The lowest BCUT2D eigenvalue weighted by molar-refractivity contribution is 0.273. The van der Waals surface area contributed by atoms with Gasteiger partial charge in [-0.15, -0.1) is 0 Å². The zero-order valence-corrected chi connectivity index (χ0v) is 11.3. The van der Waals surface area contributed by atoms with Crippen molar-refractivity contribution in [2.24, 2.45) is 0 Å². The molecule has 1 aromatic rings. The average Bonchev–Trinajstić information content (AvgIpc) is 2.54. The molecular weight excluding hydrogens is 206 g/mol. The standard InChI is InChI=1S/C11H21NO2Si/c1-11(2,3)15(4,5)13-9-7-10-6-8-12-14-10/h6,8H,7,9H2,1-5H3. The predicted octanol–water partition coefficient (Wildman–Crippen LogP) is 3.24. The number of aromatic nitrogens is 1. The van der Waals surface area contributed by atoms with Crippen molar-refractivity contribution >= 4 is 8.32 Å². The van der Waals surface area contributed by atoms with Crippen LogP contribution in [0.15, 0.2) is 16.8 Å². The molecule has 0 amide bonds. The third-order valence-electron chi connectivity index (χ3n) is 3.11. The minimum atomic E-state index is -1.60.